The SMILES string of the molecule is CCOc1ccccc1CNC(=NC)NCc1cc(Cl)c(Cl)n1C. The van der Waals surface area contributed by atoms with E-state index in [9.17, 15) is 0 Å². The molecule has 0 saturated heterocycles. The van der Waals surface area contributed by atoms with Crippen molar-refractivity contribution in [3.8, 4) is 5.75 Å². The Balaban J connectivity index is 1.95. The number of aromatic nitrogens is 1. The molecule has 130 valence electrons. The standard InChI is InChI=1S/C17H22Cl2N4O/c1-4-24-15-8-6-5-7-12(15)10-21-17(20-2)22-11-13-9-14(18)16(19)23(13)3/h5-9H,4,10-11H2,1-3H3,(H2,20,21,22). The van der Waals surface area contributed by atoms with Gasteiger partial charge < -0.3 is 19.9 Å². The number of halogens is 2. The third-order valence-electron chi connectivity index (χ3n) is 3.60. The van der Waals surface area contributed by atoms with Crippen LogP contribution in [0.5, 0.6) is 5.75 Å². The molecule has 0 fully saturated rings. The second kappa shape index (κ2) is 8.85. The first-order valence-electron chi connectivity index (χ1n) is 7.71. The van der Waals surface area contributed by atoms with Crippen LogP contribution in [-0.2, 0) is 20.1 Å². The lowest BCUT2D eigenvalue weighted by Gasteiger charge is -2.14. The van der Waals surface area contributed by atoms with Crippen LogP contribution >= 0.6 is 23.2 Å². The van der Waals surface area contributed by atoms with Crippen molar-refractivity contribution >= 4 is 29.2 Å². The maximum atomic E-state index is 6.08. The monoisotopic (exact) mass is 368 g/mol. The van der Waals surface area contributed by atoms with E-state index >= 15 is 0 Å². The Bertz CT molecular complexity index is 713. The summed E-state index contributed by atoms with van der Waals surface area (Å²) in [4.78, 5) is 4.23. The van der Waals surface area contributed by atoms with E-state index in [1.807, 2.05) is 48.9 Å². The van der Waals surface area contributed by atoms with Crippen LogP contribution in [0.15, 0.2) is 35.3 Å². The van der Waals surface area contributed by atoms with Crippen LogP contribution in [0.2, 0.25) is 10.2 Å². The van der Waals surface area contributed by atoms with Gasteiger partial charge in [0.25, 0.3) is 0 Å². The summed E-state index contributed by atoms with van der Waals surface area (Å²) >= 11 is 12.1. The number of guanidine groups is 1. The summed E-state index contributed by atoms with van der Waals surface area (Å²) in [6.07, 6.45) is 0. The quantitative estimate of drug-likeness (QED) is 0.604. The van der Waals surface area contributed by atoms with Crippen molar-refractivity contribution in [2.24, 2.45) is 12.0 Å². The van der Waals surface area contributed by atoms with E-state index in [4.69, 9.17) is 27.9 Å². The smallest absolute Gasteiger partial charge is 0.191 e. The normalized spacial score (nSPS) is 11.5. The predicted molar refractivity (Wildman–Crippen MR) is 100 cm³/mol. The predicted octanol–water partition coefficient (Wildman–Crippen LogP) is 3.60. The number of nitrogens with zero attached hydrogens (tertiary/aromatic N) is 2. The molecule has 0 aliphatic carbocycles. The molecule has 0 aliphatic rings. The maximum Gasteiger partial charge on any atom is 0.191 e. The zero-order chi connectivity index (χ0) is 17.5. The molecule has 5 nitrogen and oxygen atoms in total. The summed E-state index contributed by atoms with van der Waals surface area (Å²) < 4.78 is 7.47. The molecular formula is C17H22Cl2N4O. The van der Waals surface area contributed by atoms with E-state index in [-0.39, 0.29) is 0 Å². The Labute approximate surface area is 152 Å². The van der Waals surface area contributed by atoms with Crippen LogP contribution in [0, 0.1) is 0 Å². The Morgan fingerprint density at radius 2 is 1.92 bits per heavy atom. The number of rotatable bonds is 6. The first kappa shape index (κ1) is 18.5. The Morgan fingerprint density at radius 1 is 1.21 bits per heavy atom. The van der Waals surface area contributed by atoms with Crippen molar-refractivity contribution in [3.63, 3.8) is 0 Å². The Morgan fingerprint density at radius 3 is 2.54 bits per heavy atom. The topological polar surface area (TPSA) is 50.6 Å². The van der Waals surface area contributed by atoms with E-state index in [1.165, 1.54) is 0 Å². The van der Waals surface area contributed by atoms with Gasteiger partial charge in [-0.2, -0.15) is 0 Å². The molecule has 2 aromatic rings. The second-order valence-corrected chi connectivity index (χ2v) is 5.92. The van der Waals surface area contributed by atoms with E-state index in [2.05, 4.69) is 15.6 Å². The summed E-state index contributed by atoms with van der Waals surface area (Å²) in [6, 6.07) is 9.79. The van der Waals surface area contributed by atoms with E-state index in [0.717, 1.165) is 17.0 Å². The molecule has 2 rings (SSSR count). The molecule has 0 atom stereocenters. The van der Waals surface area contributed by atoms with Gasteiger partial charge in [0, 0.05) is 31.9 Å². The lowest BCUT2D eigenvalue weighted by Crippen LogP contribution is -2.36. The van der Waals surface area contributed by atoms with Crippen molar-refractivity contribution in [3.05, 3.63) is 51.8 Å². The van der Waals surface area contributed by atoms with Gasteiger partial charge in [0.05, 0.1) is 18.2 Å². The molecule has 0 bridgehead atoms. The van der Waals surface area contributed by atoms with E-state index < -0.39 is 0 Å². The average molecular weight is 369 g/mol. The van der Waals surface area contributed by atoms with Crippen molar-refractivity contribution < 1.29 is 4.74 Å². The summed E-state index contributed by atoms with van der Waals surface area (Å²) in [6.45, 7) is 3.79. The van der Waals surface area contributed by atoms with Crippen LogP contribution in [0.25, 0.3) is 0 Å². The number of aliphatic imine (C=N–C) groups is 1. The van der Waals surface area contributed by atoms with Crippen LogP contribution < -0.4 is 15.4 Å². The highest BCUT2D eigenvalue weighted by atomic mass is 35.5. The molecule has 2 N–H and O–H groups in total. The van der Waals surface area contributed by atoms with Crippen molar-refractivity contribution in [1.29, 1.82) is 0 Å². The van der Waals surface area contributed by atoms with Gasteiger partial charge in [0.2, 0.25) is 0 Å². The lowest BCUT2D eigenvalue weighted by molar-refractivity contribution is 0.336. The van der Waals surface area contributed by atoms with Crippen LogP contribution in [0.4, 0.5) is 0 Å². The third kappa shape index (κ3) is 4.58. The number of para-hydroxylation sites is 1. The Kier molecular flexibility index (Phi) is 6.82. The highest BCUT2D eigenvalue weighted by Gasteiger charge is 2.09. The van der Waals surface area contributed by atoms with Crippen LogP contribution in [0.1, 0.15) is 18.2 Å². The van der Waals surface area contributed by atoms with Gasteiger partial charge in [0.15, 0.2) is 5.96 Å². The molecule has 0 saturated carbocycles. The fraction of sp³-hybridized carbons (Fsp3) is 0.353. The minimum Gasteiger partial charge on any atom is -0.494 e. The van der Waals surface area contributed by atoms with Gasteiger partial charge in [-0.1, -0.05) is 41.4 Å². The molecule has 1 aromatic carbocycles. The van der Waals surface area contributed by atoms with E-state index in [0.29, 0.717) is 35.8 Å². The highest BCUT2D eigenvalue weighted by Crippen LogP contribution is 2.24. The van der Waals surface area contributed by atoms with Gasteiger partial charge in [-0.3, -0.25) is 4.99 Å². The minimum absolute atomic E-state index is 0.530. The fourth-order valence-corrected chi connectivity index (χ4v) is 2.69. The zero-order valence-electron chi connectivity index (χ0n) is 14.1. The molecule has 0 amide bonds. The molecule has 0 unspecified atom stereocenters. The van der Waals surface area contributed by atoms with Crippen LogP contribution in [0.3, 0.4) is 0 Å². The molecule has 1 aromatic heterocycles. The summed E-state index contributed by atoms with van der Waals surface area (Å²) in [7, 11) is 3.61. The largest absolute Gasteiger partial charge is 0.494 e. The van der Waals surface area contributed by atoms with Gasteiger partial charge >= 0.3 is 0 Å². The van der Waals surface area contributed by atoms with E-state index in [1.54, 1.807) is 7.05 Å². The fourth-order valence-electron chi connectivity index (χ4n) is 2.28. The first-order valence-corrected chi connectivity index (χ1v) is 8.47. The van der Waals surface area contributed by atoms with Gasteiger partial charge in [0.1, 0.15) is 10.9 Å². The number of ether oxygens (including phenoxy) is 1. The van der Waals surface area contributed by atoms with Gasteiger partial charge in [-0.15, -0.1) is 0 Å². The molecular weight excluding hydrogens is 347 g/mol. The number of hydrogen-bond donors (Lipinski definition) is 2. The molecule has 24 heavy (non-hydrogen) atoms. The van der Waals surface area contributed by atoms with Gasteiger partial charge in [-0.25, -0.2) is 0 Å². The zero-order valence-corrected chi connectivity index (χ0v) is 15.6. The lowest BCUT2D eigenvalue weighted by atomic mass is 10.2. The number of hydrogen-bond acceptors (Lipinski definition) is 2. The van der Waals surface area contributed by atoms with Crippen LogP contribution in [-0.4, -0.2) is 24.2 Å². The number of nitrogens with one attached hydrogen (secondary N) is 2. The van der Waals surface area contributed by atoms with Gasteiger partial charge in [-0.05, 0) is 19.1 Å². The summed E-state index contributed by atoms with van der Waals surface area (Å²) in [5.74, 6) is 1.57. The highest BCUT2D eigenvalue weighted by molar-refractivity contribution is 6.41. The molecule has 1 heterocycles. The van der Waals surface area contributed by atoms with Crippen molar-refractivity contribution in [2.45, 2.75) is 20.0 Å². The molecule has 0 aliphatic heterocycles. The first-order chi connectivity index (χ1) is 11.6. The summed E-state index contributed by atoms with van der Waals surface area (Å²) in [5.41, 5.74) is 2.05. The second-order valence-electron chi connectivity index (χ2n) is 5.15. The molecule has 7 heteroatoms. The minimum atomic E-state index is 0.530. The molecule has 0 spiro atoms. The maximum absolute atomic E-state index is 6.08. The molecule has 0 radical (unpaired) electrons. The van der Waals surface area contributed by atoms with Crippen molar-refractivity contribution in [1.82, 2.24) is 15.2 Å². The Hall–Kier alpha value is -1.85. The number of benzene rings is 1. The third-order valence-corrected chi connectivity index (χ3v) is 4.44. The summed E-state index contributed by atoms with van der Waals surface area (Å²) in [5, 5.41) is 7.60. The van der Waals surface area contributed by atoms with Crippen molar-refractivity contribution in [2.75, 3.05) is 13.7 Å². The average Bonchev–Trinajstić information content (AvgIpc) is 2.83.